The van der Waals surface area contributed by atoms with E-state index >= 15 is 0 Å². The molecule has 20 heavy (non-hydrogen) atoms. The van der Waals surface area contributed by atoms with Crippen molar-refractivity contribution >= 4 is 17.6 Å². The minimum Gasteiger partial charge on any atom is -0.462 e. The molecule has 2 rings (SSSR count). The average molecular weight is 277 g/mol. The molecule has 0 saturated carbocycles. The number of hydrogen-bond acceptors (Lipinski definition) is 4. The van der Waals surface area contributed by atoms with Gasteiger partial charge < -0.3 is 14.8 Å². The second-order valence-corrected chi connectivity index (χ2v) is 4.70. The molecule has 1 aromatic carbocycles. The normalized spacial score (nSPS) is 17.8. The second kappa shape index (κ2) is 7.05. The summed E-state index contributed by atoms with van der Waals surface area (Å²) in [4.78, 5) is 23.5. The van der Waals surface area contributed by atoms with Crippen LogP contribution in [-0.4, -0.2) is 31.2 Å². The van der Waals surface area contributed by atoms with Crippen LogP contribution in [0.5, 0.6) is 0 Å². The van der Waals surface area contributed by atoms with E-state index in [0.717, 1.165) is 19.3 Å². The molecule has 0 aromatic heterocycles. The summed E-state index contributed by atoms with van der Waals surface area (Å²) in [5.41, 5.74) is 1.13. The van der Waals surface area contributed by atoms with E-state index in [4.69, 9.17) is 9.47 Å². The van der Waals surface area contributed by atoms with Crippen LogP contribution in [0.25, 0.3) is 0 Å². The Bertz CT molecular complexity index is 463. The molecule has 1 fully saturated rings. The summed E-state index contributed by atoms with van der Waals surface area (Å²) in [6.45, 7) is 2.99. The number of esters is 1. The Hall–Kier alpha value is -1.88. The quantitative estimate of drug-likeness (QED) is 0.839. The number of anilines is 1. The van der Waals surface area contributed by atoms with Crippen molar-refractivity contribution in [1.82, 2.24) is 0 Å². The summed E-state index contributed by atoms with van der Waals surface area (Å²) in [5, 5.41) is 2.78. The fourth-order valence-electron chi connectivity index (χ4n) is 1.97. The maximum absolute atomic E-state index is 11.8. The van der Waals surface area contributed by atoms with Crippen molar-refractivity contribution in [3.8, 4) is 0 Å². The summed E-state index contributed by atoms with van der Waals surface area (Å²) in [6.07, 6.45) is 2.11. The SMILES string of the molecule is CCCOC(=O)c1ccc(NC(=O)[C@H]2CCCO2)cc1. The zero-order valence-electron chi connectivity index (χ0n) is 11.6. The number of carbonyl (C=O) groups is 2. The first kappa shape index (κ1) is 14.5. The highest BCUT2D eigenvalue weighted by Crippen LogP contribution is 2.16. The molecule has 1 N–H and O–H groups in total. The van der Waals surface area contributed by atoms with Gasteiger partial charge in [0.1, 0.15) is 6.10 Å². The molecule has 0 aliphatic carbocycles. The van der Waals surface area contributed by atoms with E-state index in [0.29, 0.717) is 24.5 Å². The number of hydrogen-bond donors (Lipinski definition) is 1. The summed E-state index contributed by atoms with van der Waals surface area (Å²) in [7, 11) is 0. The Balaban J connectivity index is 1.90. The first-order valence-corrected chi connectivity index (χ1v) is 6.90. The smallest absolute Gasteiger partial charge is 0.338 e. The molecule has 1 heterocycles. The van der Waals surface area contributed by atoms with E-state index in [1.807, 2.05) is 6.92 Å². The van der Waals surface area contributed by atoms with Gasteiger partial charge in [0.05, 0.1) is 12.2 Å². The predicted octanol–water partition coefficient (Wildman–Crippen LogP) is 2.37. The van der Waals surface area contributed by atoms with Crippen LogP contribution in [0.1, 0.15) is 36.5 Å². The van der Waals surface area contributed by atoms with Crippen LogP contribution in [-0.2, 0) is 14.3 Å². The molecule has 1 aliphatic heterocycles. The second-order valence-electron chi connectivity index (χ2n) is 4.70. The molecule has 1 atom stereocenters. The van der Waals surface area contributed by atoms with Crippen LogP contribution in [0.15, 0.2) is 24.3 Å². The minimum absolute atomic E-state index is 0.135. The molecule has 1 amide bonds. The number of ether oxygens (including phenoxy) is 2. The Morgan fingerprint density at radius 1 is 1.35 bits per heavy atom. The van der Waals surface area contributed by atoms with Gasteiger partial charge in [0.15, 0.2) is 0 Å². The highest BCUT2D eigenvalue weighted by Gasteiger charge is 2.23. The van der Waals surface area contributed by atoms with Gasteiger partial charge in [-0.3, -0.25) is 4.79 Å². The fourth-order valence-corrected chi connectivity index (χ4v) is 1.97. The van der Waals surface area contributed by atoms with E-state index in [-0.39, 0.29) is 18.0 Å². The molecule has 5 heteroatoms. The van der Waals surface area contributed by atoms with Crippen molar-refractivity contribution < 1.29 is 19.1 Å². The molecular weight excluding hydrogens is 258 g/mol. The Kier molecular flexibility index (Phi) is 5.12. The van der Waals surface area contributed by atoms with Gasteiger partial charge in [-0.05, 0) is 43.5 Å². The van der Waals surface area contributed by atoms with Crippen LogP contribution in [0.3, 0.4) is 0 Å². The average Bonchev–Trinajstić information content (AvgIpc) is 3.00. The van der Waals surface area contributed by atoms with Crippen LogP contribution >= 0.6 is 0 Å². The van der Waals surface area contributed by atoms with Crippen molar-refractivity contribution in [3.05, 3.63) is 29.8 Å². The van der Waals surface area contributed by atoms with Crippen molar-refractivity contribution in [2.45, 2.75) is 32.3 Å². The first-order valence-electron chi connectivity index (χ1n) is 6.90. The number of amides is 1. The molecule has 0 unspecified atom stereocenters. The first-order chi connectivity index (χ1) is 9.70. The Labute approximate surface area is 118 Å². The van der Waals surface area contributed by atoms with Crippen molar-refractivity contribution in [2.24, 2.45) is 0 Å². The van der Waals surface area contributed by atoms with Crippen molar-refractivity contribution in [2.75, 3.05) is 18.5 Å². The summed E-state index contributed by atoms with van der Waals surface area (Å²) < 4.78 is 10.3. The minimum atomic E-state index is -0.357. The van der Waals surface area contributed by atoms with Gasteiger partial charge >= 0.3 is 5.97 Å². The van der Waals surface area contributed by atoms with Crippen LogP contribution in [0.4, 0.5) is 5.69 Å². The molecule has 1 aromatic rings. The lowest BCUT2D eigenvalue weighted by Crippen LogP contribution is -2.26. The van der Waals surface area contributed by atoms with E-state index < -0.39 is 0 Å². The third kappa shape index (κ3) is 3.81. The lowest BCUT2D eigenvalue weighted by molar-refractivity contribution is -0.124. The van der Waals surface area contributed by atoms with Crippen LogP contribution in [0.2, 0.25) is 0 Å². The molecule has 1 aliphatic rings. The van der Waals surface area contributed by atoms with Crippen LogP contribution in [0, 0.1) is 0 Å². The third-order valence-electron chi connectivity index (χ3n) is 3.05. The highest BCUT2D eigenvalue weighted by molar-refractivity contribution is 5.95. The molecule has 0 bridgehead atoms. The summed E-state index contributed by atoms with van der Waals surface area (Å²) in [6, 6.07) is 6.66. The topological polar surface area (TPSA) is 64.6 Å². The van der Waals surface area contributed by atoms with Gasteiger partial charge in [-0.25, -0.2) is 4.79 Å². The van der Waals surface area contributed by atoms with E-state index in [9.17, 15) is 9.59 Å². The molecular formula is C15H19NO4. The van der Waals surface area contributed by atoms with Gasteiger partial charge in [-0.15, -0.1) is 0 Å². The summed E-state index contributed by atoms with van der Waals surface area (Å²) in [5.74, 6) is -0.479. The summed E-state index contributed by atoms with van der Waals surface area (Å²) >= 11 is 0. The molecule has 0 radical (unpaired) electrons. The Morgan fingerprint density at radius 3 is 2.70 bits per heavy atom. The number of benzene rings is 1. The maximum Gasteiger partial charge on any atom is 0.338 e. The molecule has 1 saturated heterocycles. The number of nitrogens with one attached hydrogen (secondary N) is 1. The maximum atomic E-state index is 11.8. The van der Waals surface area contributed by atoms with E-state index in [1.165, 1.54) is 0 Å². The predicted molar refractivity (Wildman–Crippen MR) is 74.6 cm³/mol. The molecule has 5 nitrogen and oxygen atoms in total. The Morgan fingerprint density at radius 2 is 2.10 bits per heavy atom. The monoisotopic (exact) mass is 277 g/mol. The number of rotatable bonds is 5. The van der Waals surface area contributed by atoms with E-state index in [2.05, 4.69) is 5.32 Å². The van der Waals surface area contributed by atoms with Gasteiger partial charge in [0.2, 0.25) is 0 Å². The van der Waals surface area contributed by atoms with Gasteiger partial charge in [-0.2, -0.15) is 0 Å². The zero-order chi connectivity index (χ0) is 14.4. The standard InChI is InChI=1S/C15H19NO4/c1-2-9-20-15(18)11-5-7-12(8-6-11)16-14(17)13-4-3-10-19-13/h5-8,13H,2-4,9-10H2,1H3,(H,16,17)/t13-/m1/s1. The zero-order valence-corrected chi connectivity index (χ0v) is 11.6. The van der Waals surface area contributed by atoms with Gasteiger partial charge in [0.25, 0.3) is 5.91 Å². The number of carbonyl (C=O) groups excluding carboxylic acids is 2. The van der Waals surface area contributed by atoms with Gasteiger partial charge in [0, 0.05) is 12.3 Å². The van der Waals surface area contributed by atoms with Crippen LogP contribution < -0.4 is 5.32 Å². The highest BCUT2D eigenvalue weighted by atomic mass is 16.5. The third-order valence-corrected chi connectivity index (χ3v) is 3.05. The lowest BCUT2D eigenvalue weighted by Gasteiger charge is -2.10. The van der Waals surface area contributed by atoms with Crippen molar-refractivity contribution in [3.63, 3.8) is 0 Å². The van der Waals surface area contributed by atoms with E-state index in [1.54, 1.807) is 24.3 Å². The molecule has 0 spiro atoms. The fraction of sp³-hybridized carbons (Fsp3) is 0.467. The van der Waals surface area contributed by atoms with Crippen molar-refractivity contribution in [1.29, 1.82) is 0 Å². The largest absolute Gasteiger partial charge is 0.462 e. The molecule has 108 valence electrons. The lowest BCUT2D eigenvalue weighted by atomic mass is 10.2. The van der Waals surface area contributed by atoms with Gasteiger partial charge in [-0.1, -0.05) is 6.92 Å².